The number of halogens is 1. The highest BCUT2D eigenvalue weighted by Crippen LogP contribution is 2.22. The molecule has 90 valence electrons. The molecule has 0 fully saturated rings. The van der Waals surface area contributed by atoms with E-state index < -0.39 is 9.84 Å². The third-order valence-corrected chi connectivity index (χ3v) is 4.20. The van der Waals surface area contributed by atoms with Crippen LogP contribution in [0.3, 0.4) is 0 Å². The number of sulfone groups is 1. The molecule has 2 N–H and O–H groups in total. The van der Waals surface area contributed by atoms with Gasteiger partial charge >= 0.3 is 0 Å². The molecule has 3 nitrogen and oxygen atoms in total. The van der Waals surface area contributed by atoms with E-state index in [0.29, 0.717) is 17.2 Å². The van der Waals surface area contributed by atoms with Gasteiger partial charge in [0.1, 0.15) is 15.7 Å². The number of hydrogen-bond donors (Lipinski definition) is 1. The minimum atomic E-state index is -2.98. The Morgan fingerprint density at radius 2 is 2.12 bits per heavy atom. The van der Waals surface area contributed by atoms with Crippen molar-refractivity contribution in [2.24, 2.45) is 5.73 Å². The smallest absolute Gasteiger partial charge is 0.148 e. The third kappa shape index (κ3) is 4.51. The Kier molecular flexibility index (Phi) is 4.76. The van der Waals surface area contributed by atoms with Crippen molar-refractivity contribution in [3.8, 4) is 0 Å². The molecule has 0 saturated heterocycles. The Balaban J connectivity index is 2.61. The Morgan fingerprint density at radius 3 is 2.62 bits per heavy atom. The molecular weight excluding hydrogens is 249 g/mol. The molecule has 0 amide bonds. The standard InChI is InChI=1S/C10H14FNO2S2/c1-16(13,14)5-4-15-10-3-2-8(7-12)6-9(10)11/h2-3,6H,4-5,7,12H2,1H3. The first-order chi connectivity index (χ1) is 7.42. The van der Waals surface area contributed by atoms with Crippen LogP contribution in [0.4, 0.5) is 4.39 Å². The summed E-state index contributed by atoms with van der Waals surface area (Å²) in [6.07, 6.45) is 1.17. The van der Waals surface area contributed by atoms with Gasteiger partial charge in [0.25, 0.3) is 0 Å². The Hall–Kier alpha value is -0.590. The number of rotatable bonds is 5. The lowest BCUT2D eigenvalue weighted by molar-refractivity contribution is 0.598. The van der Waals surface area contributed by atoms with E-state index in [1.807, 2.05) is 0 Å². The fourth-order valence-corrected chi connectivity index (χ4v) is 3.22. The fraction of sp³-hybridized carbons (Fsp3) is 0.400. The van der Waals surface area contributed by atoms with E-state index in [4.69, 9.17) is 5.73 Å². The summed E-state index contributed by atoms with van der Waals surface area (Å²) in [7, 11) is -2.98. The molecule has 0 bridgehead atoms. The van der Waals surface area contributed by atoms with Gasteiger partial charge in [-0.15, -0.1) is 11.8 Å². The SMILES string of the molecule is CS(=O)(=O)CCSc1ccc(CN)cc1F. The van der Waals surface area contributed by atoms with Gasteiger partial charge in [-0.05, 0) is 17.7 Å². The number of benzene rings is 1. The van der Waals surface area contributed by atoms with Gasteiger partial charge in [-0.3, -0.25) is 0 Å². The molecule has 1 aromatic carbocycles. The van der Waals surface area contributed by atoms with Gasteiger partial charge in [0.15, 0.2) is 0 Å². The van der Waals surface area contributed by atoms with Gasteiger partial charge in [0, 0.05) is 23.4 Å². The van der Waals surface area contributed by atoms with Crippen LogP contribution in [0, 0.1) is 5.82 Å². The molecule has 0 radical (unpaired) electrons. The van der Waals surface area contributed by atoms with Gasteiger partial charge in [0.05, 0.1) is 5.75 Å². The summed E-state index contributed by atoms with van der Waals surface area (Å²) >= 11 is 1.20. The van der Waals surface area contributed by atoms with Crippen molar-refractivity contribution < 1.29 is 12.8 Å². The monoisotopic (exact) mass is 263 g/mol. The van der Waals surface area contributed by atoms with Gasteiger partial charge in [-0.2, -0.15) is 0 Å². The van der Waals surface area contributed by atoms with E-state index in [9.17, 15) is 12.8 Å². The van der Waals surface area contributed by atoms with Crippen LogP contribution in [0.5, 0.6) is 0 Å². The van der Waals surface area contributed by atoms with Crippen molar-refractivity contribution in [1.29, 1.82) is 0 Å². The van der Waals surface area contributed by atoms with Crippen molar-refractivity contribution in [2.45, 2.75) is 11.4 Å². The predicted molar refractivity (Wildman–Crippen MR) is 64.7 cm³/mol. The van der Waals surface area contributed by atoms with Gasteiger partial charge < -0.3 is 5.73 Å². The lowest BCUT2D eigenvalue weighted by Crippen LogP contribution is -2.05. The topological polar surface area (TPSA) is 60.2 Å². The fourth-order valence-electron chi connectivity index (χ4n) is 1.09. The average molecular weight is 263 g/mol. The van der Waals surface area contributed by atoms with Crippen molar-refractivity contribution in [3.63, 3.8) is 0 Å². The quantitative estimate of drug-likeness (QED) is 0.816. The second-order valence-electron chi connectivity index (χ2n) is 3.45. The molecule has 0 atom stereocenters. The molecular formula is C10H14FNO2S2. The van der Waals surface area contributed by atoms with Gasteiger partial charge in [0.2, 0.25) is 0 Å². The lowest BCUT2D eigenvalue weighted by atomic mass is 10.2. The molecule has 6 heteroatoms. The van der Waals surface area contributed by atoms with Crippen LogP contribution < -0.4 is 5.73 Å². The molecule has 0 aromatic heterocycles. The first-order valence-electron chi connectivity index (χ1n) is 4.71. The van der Waals surface area contributed by atoms with Crippen LogP contribution in [0.25, 0.3) is 0 Å². The predicted octanol–water partition coefficient (Wildman–Crippen LogP) is 1.42. The van der Waals surface area contributed by atoms with Crippen LogP contribution >= 0.6 is 11.8 Å². The Bertz CT molecular complexity index is 460. The zero-order valence-electron chi connectivity index (χ0n) is 8.94. The second-order valence-corrected chi connectivity index (χ2v) is 6.84. The Labute approximate surface area is 99.1 Å². The summed E-state index contributed by atoms with van der Waals surface area (Å²) in [4.78, 5) is 0.459. The summed E-state index contributed by atoms with van der Waals surface area (Å²) in [6, 6.07) is 4.75. The zero-order valence-corrected chi connectivity index (χ0v) is 10.6. The van der Waals surface area contributed by atoms with Gasteiger partial charge in [-0.25, -0.2) is 12.8 Å². The molecule has 0 saturated carbocycles. The van der Waals surface area contributed by atoms with Crippen molar-refractivity contribution in [2.75, 3.05) is 17.8 Å². The molecule has 0 spiro atoms. The zero-order chi connectivity index (χ0) is 12.2. The van der Waals surface area contributed by atoms with Gasteiger partial charge in [-0.1, -0.05) is 6.07 Å². The van der Waals surface area contributed by atoms with Crippen LogP contribution in [0.2, 0.25) is 0 Å². The summed E-state index contributed by atoms with van der Waals surface area (Å²) in [5.74, 6) is 0.0643. The van der Waals surface area contributed by atoms with Crippen molar-refractivity contribution >= 4 is 21.6 Å². The largest absolute Gasteiger partial charge is 0.326 e. The summed E-state index contributed by atoms with van der Waals surface area (Å²) in [5.41, 5.74) is 6.10. The molecule has 16 heavy (non-hydrogen) atoms. The van der Waals surface area contributed by atoms with E-state index in [2.05, 4.69) is 0 Å². The van der Waals surface area contributed by atoms with Crippen LogP contribution in [0.1, 0.15) is 5.56 Å². The highest BCUT2D eigenvalue weighted by molar-refractivity contribution is 8.00. The Morgan fingerprint density at radius 1 is 1.44 bits per heavy atom. The minimum absolute atomic E-state index is 0.0513. The van der Waals surface area contributed by atoms with E-state index in [0.717, 1.165) is 5.56 Å². The summed E-state index contributed by atoms with van der Waals surface area (Å²) < 4.78 is 35.2. The normalized spacial score (nSPS) is 11.7. The van der Waals surface area contributed by atoms with Crippen LogP contribution in [-0.4, -0.2) is 26.2 Å². The molecule has 0 aliphatic carbocycles. The minimum Gasteiger partial charge on any atom is -0.326 e. The molecule has 1 aromatic rings. The maximum atomic E-state index is 13.4. The van der Waals surface area contributed by atoms with Crippen molar-refractivity contribution in [3.05, 3.63) is 29.6 Å². The molecule has 0 aliphatic heterocycles. The van der Waals surface area contributed by atoms with E-state index in [1.165, 1.54) is 24.1 Å². The number of hydrogen-bond acceptors (Lipinski definition) is 4. The number of thioether (sulfide) groups is 1. The van der Waals surface area contributed by atoms with Crippen LogP contribution in [-0.2, 0) is 16.4 Å². The van der Waals surface area contributed by atoms with E-state index >= 15 is 0 Å². The number of nitrogens with two attached hydrogens (primary N) is 1. The lowest BCUT2D eigenvalue weighted by Gasteiger charge is -2.04. The highest BCUT2D eigenvalue weighted by atomic mass is 32.2. The molecule has 0 heterocycles. The second kappa shape index (κ2) is 5.65. The van der Waals surface area contributed by atoms with E-state index in [-0.39, 0.29) is 11.6 Å². The molecule has 1 rings (SSSR count). The summed E-state index contributed by atoms with van der Waals surface area (Å²) in [6.45, 7) is 0.297. The van der Waals surface area contributed by atoms with E-state index in [1.54, 1.807) is 12.1 Å². The average Bonchev–Trinajstić information content (AvgIpc) is 2.18. The maximum absolute atomic E-state index is 13.4. The summed E-state index contributed by atoms with van der Waals surface area (Å²) in [5, 5.41) is 0. The highest BCUT2D eigenvalue weighted by Gasteiger charge is 2.06. The third-order valence-electron chi connectivity index (χ3n) is 1.94. The maximum Gasteiger partial charge on any atom is 0.148 e. The molecule has 0 aliphatic rings. The first kappa shape index (κ1) is 13.5. The van der Waals surface area contributed by atoms with Crippen LogP contribution in [0.15, 0.2) is 23.1 Å². The molecule has 0 unspecified atom stereocenters. The first-order valence-corrected chi connectivity index (χ1v) is 7.76. The van der Waals surface area contributed by atoms with Crippen molar-refractivity contribution in [1.82, 2.24) is 0 Å².